The third-order valence-corrected chi connectivity index (χ3v) is 4.17. The Morgan fingerprint density at radius 1 is 1.04 bits per heavy atom. The molecule has 4 aromatic rings. The van der Waals surface area contributed by atoms with E-state index in [2.05, 4.69) is 10.3 Å². The summed E-state index contributed by atoms with van der Waals surface area (Å²) in [5.74, 6) is -0.524. The average Bonchev–Trinajstić information content (AvgIpc) is 3.06. The fraction of sp³-hybridized carbons (Fsp3) is 0.0476. The molecule has 0 aliphatic rings. The lowest BCUT2D eigenvalue weighted by Gasteiger charge is -2.11. The Bertz CT molecular complexity index is 1100. The number of hydrogen-bond donors (Lipinski definition) is 1. The fourth-order valence-electron chi connectivity index (χ4n) is 3.03. The first-order chi connectivity index (χ1) is 12.6. The summed E-state index contributed by atoms with van der Waals surface area (Å²) < 4.78 is 16.2. The Labute approximate surface area is 149 Å². The van der Waals surface area contributed by atoms with Gasteiger partial charge in [0.15, 0.2) is 5.65 Å². The van der Waals surface area contributed by atoms with Crippen molar-refractivity contribution in [2.24, 2.45) is 0 Å². The second-order valence-electron chi connectivity index (χ2n) is 6.01. The van der Waals surface area contributed by atoms with Gasteiger partial charge in [-0.2, -0.15) is 0 Å². The second kappa shape index (κ2) is 6.44. The van der Waals surface area contributed by atoms with E-state index in [9.17, 15) is 9.18 Å². The molecule has 0 atom stereocenters. The summed E-state index contributed by atoms with van der Waals surface area (Å²) in [5.41, 5.74) is 4.13. The molecule has 128 valence electrons. The number of pyridine rings is 1. The van der Waals surface area contributed by atoms with Gasteiger partial charge >= 0.3 is 0 Å². The largest absolute Gasteiger partial charge is 0.323 e. The number of aromatic nitrogens is 2. The standard InChI is InChI=1S/C21H16FN3O/c1-14(26)24-19-11-16(17-9-5-6-10-18(17)22)13-25-20(12-23-21(19)25)15-7-3-2-4-8-15/h2-13H,1H3,(H,24,26). The maximum Gasteiger partial charge on any atom is 0.221 e. The van der Waals surface area contributed by atoms with Crippen molar-refractivity contribution in [3.63, 3.8) is 0 Å². The predicted molar refractivity (Wildman–Crippen MR) is 100 cm³/mol. The van der Waals surface area contributed by atoms with Gasteiger partial charge in [0.1, 0.15) is 5.82 Å². The van der Waals surface area contributed by atoms with E-state index in [1.54, 1.807) is 30.5 Å². The summed E-state index contributed by atoms with van der Waals surface area (Å²) in [5, 5.41) is 2.80. The van der Waals surface area contributed by atoms with Crippen LogP contribution in [0.25, 0.3) is 28.0 Å². The summed E-state index contributed by atoms with van der Waals surface area (Å²) in [4.78, 5) is 16.1. The highest BCUT2D eigenvalue weighted by molar-refractivity contribution is 5.94. The van der Waals surface area contributed by atoms with Gasteiger partial charge in [-0.25, -0.2) is 9.37 Å². The van der Waals surface area contributed by atoms with Crippen molar-refractivity contribution < 1.29 is 9.18 Å². The first-order valence-corrected chi connectivity index (χ1v) is 8.22. The molecule has 2 heterocycles. The molecule has 0 bridgehead atoms. The predicted octanol–water partition coefficient (Wildman–Crippen LogP) is 4.77. The molecule has 0 radical (unpaired) electrons. The SMILES string of the molecule is CC(=O)Nc1cc(-c2ccccc2F)cn2c(-c3ccccc3)cnc12. The van der Waals surface area contributed by atoms with E-state index in [4.69, 9.17) is 0 Å². The Morgan fingerprint density at radius 2 is 1.77 bits per heavy atom. The van der Waals surface area contributed by atoms with E-state index in [-0.39, 0.29) is 11.7 Å². The first-order valence-electron chi connectivity index (χ1n) is 8.22. The maximum absolute atomic E-state index is 14.3. The van der Waals surface area contributed by atoms with Crippen LogP contribution in [0.15, 0.2) is 73.1 Å². The van der Waals surface area contributed by atoms with Crippen molar-refractivity contribution >= 4 is 17.2 Å². The molecule has 1 N–H and O–H groups in total. The Kier molecular flexibility index (Phi) is 3.97. The molecule has 26 heavy (non-hydrogen) atoms. The lowest BCUT2D eigenvalue weighted by molar-refractivity contribution is -0.114. The van der Waals surface area contributed by atoms with E-state index in [0.717, 1.165) is 11.3 Å². The van der Waals surface area contributed by atoms with Crippen LogP contribution < -0.4 is 5.32 Å². The molecule has 0 saturated carbocycles. The second-order valence-corrected chi connectivity index (χ2v) is 6.01. The van der Waals surface area contributed by atoms with Crippen LogP contribution in [0, 0.1) is 5.82 Å². The zero-order valence-electron chi connectivity index (χ0n) is 14.1. The summed E-state index contributed by atoms with van der Waals surface area (Å²) in [6, 6.07) is 18.1. The number of hydrogen-bond acceptors (Lipinski definition) is 2. The summed E-state index contributed by atoms with van der Waals surface area (Å²) in [6.07, 6.45) is 3.59. The number of nitrogens with zero attached hydrogens (tertiary/aromatic N) is 2. The van der Waals surface area contributed by atoms with Gasteiger partial charge in [0.2, 0.25) is 5.91 Å². The van der Waals surface area contributed by atoms with Crippen LogP contribution in [0.1, 0.15) is 6.92 Å². The highest BCUT2D eigenvalue weighted by atomic mass is 19.1. The molecule has 4 rings (SSSR count). The Balaban J connectivity index is 1.99. The minimum absolute atomic E-state index is 0.207. The maximum atomic E-state index is 14.3. The normalized spacial score (nSPS) is 10.8. The molecule has 0 aliphatic carbocycles. The fourth-order valence-corrected chi connectivity index (χ4v) is 3.03. The quantitative estimate of drug-likeness (QED) is 0.581. The molecule has 5 heteroatoms. The molecule has 4 nitrogen and oxygen atoms in total. The number of carbonyl (C=O) groups is 1. The number of nitrogens with one attached hydrogen (secondary N) is 1. The van der Waals surface area contributed by atoms with Gasteiger partial charge in [-0.3, -0.25) is 9.20 Å². The van der Waals surface area contributed by atoms with Gasteiger partial charge in [-0.15, -0.1) is 0 Å². The number of halogens is 1. The number of benzene rings is 2. The number of amides is 1. The van der Waals surface area contributed by atoms with Gasteiger partial charge in [0, 0.05) is 29.8 Å². The molecule has 2 aromatic heterocycles. The minimum Gasteiger partial charge on any atom is -0.323 e. The van der Waals surface area contributed by atoms with Crippen molar-refractivity contribution in [2.45, 2.75) is 6.92 Å². The smallest absolute Gasteiger partial charge is 0.221 e. The van der Waals surface area contributed by atoms with E-state index in [0.29, 0.717) is 22.5 Å². The van der Waals surface area contributed by atoms with Crippen LogP contribution in [-0.4, -0.2) is 15.3 Å². The van der Waals surface area contributed by atoms with Crippen LogP contribution in [0.3, 0.4) is 0 Å². The lowest BCUT2D eigenvalue weighted by atomic mass is 10.1. The number of imidazole rings is 1. The summed E-state index contributed by atoms with van der Waals surface area (Å²) in [7, 11) is 0. The summed E-state index contributed by atoms with van der Waals surface area (Å²) in [6.45, 7) is 1.44. The molecule has 1 amide bonds. The highest BCUT2D eigenvalue weighted by Gasteiger charge is 2.14. The van der Waals surface area contributed by atoms with Crippen molar-refractivity contribution in [1.29, 1.82) is 0 Å². The summed E-state index contributed by atoms with van der Waals surface area (Å²) >= 11 is 0. The number of rotatable bonds is 3. The molecule has 0 saturated heterocycles. The average molecular weight is 345 g/mol. The topological polar surface area (TPSA) is 46.4 Å². The van der Waals surface area contributed by atoms with Gasteiger partial charge in [-0.1, -0.05) is 48.5 Å². The third kappa shape index (κ3) is 2.84. The Hall–Kier alpha value is -3.47. The third-order valence-electron chi connectivity index (χ3n) is 4.17. The number of carbonyl (C=O) groups excluding carboxylic acids is 1. The molecule has 2 aromatic carbocycles. The van der Waals surface area contributed by atoms with E-state index in [1.807, 2.05) is 40.9 Å². The van der Waals surface area contributed by atoms with Crippen molar-refractivity contribution in [3.05, 3.63) is 78.9 Å². The number of fused-ring (bicyclic) bond motifs is 1. The van der Waals surface area contributed by atoms with Gasteiger partial charge in [0.25, 0.3) is 0 Å². The molecule has 0 unspecified atom stereocenters. The van der Waals surface area contributed by atoms with Crippen LogP contribution in [0.2, 0.25) is 0 Å². The molecular formula is C21H16FN3O. The zero-order chi connectivity index (χ0) is 18.1. The molecular weight excluding hydrogens is 329 g/mol. The van der Waals surface area contributed by atoms with Gasteiger partial charge < -0.3 is 5.32 Å². The number of anilines is 1. The lowest BCUT2D eigenvalue weighted by Crippen LogP contribution is -2.08. The molecule has 0 fully saturated rings. The monoisotopic (exact) mass is 345 g/mol. The Morgan fingerprint density at radius 3 is 2.50 bits per heavy atom. The van der Waals surface area contributed by atoms with Crippen molar-refractivity contribution in [1.82, 2.24) is 9.38 Å². The van der Waals surface area contributed by atoms with Crippen LogP contribution in [0.5, 0.6) is 0 Å². The zero-order valence-corrected chi connectivity index (χ0v) is 14.1. The minimum atomic E-state index is -0.318. The van der Waals surface area contributed by atoms with E-state index in [1.165, 1.54) is 13.0 Å². The molecule has 0 spiro atoms. The molecule has 0 aliphatic heterocycles. The van der Waals surface area contributed by atoms with Crippen LogP contribution >= 0.6 is 0 Å². The van der Waals surface area contributed by atoms with Crippen LogP contribution in [-0.2, 0) is 4.79 Å². The van der Waals surface area contributed by atoms with Gasteiger partial charge in [-0.05, 0) is 12.1 Å². The van der Waals surface area contributed by atoms with E-state index >= 15 is 0 Å². The van der Waals surface area contributed by atoms with Gasteiger partial charge in [0.05, 0.1) is 17.6 Å². The van der Waals surface area contributed by atoms with E-state index < -0.39 is 0 Å². The van der Waals surface area contributed by atoms with Crippen molar-refractivity contribution in [3.8, 4) is 22.4 Å². The van der Waals surface area contributed by atoms with Crippen LogP contribution in [0.4, 0.5) is 10.1 Å². The first kappa shape index (κ1) is 16.0. The van der Waals surface area contributed by atoms with Crippen molar-refractivity contribution in [2.75, 3.05) is 5.32 Å². The highest BCUT2D eigenvalue weighted by Crippen LogP contribution is 2.31.